The number of hydrogen-bond donors (Lipinski definition) is 1. The third kappa shape index (κ3) is 1.94. The Kier molecular flexibility index (Phi) is 2.88. The molecule has 1 aromatic carbocycles. The molecule has 1 aliphatic rings. The van der Waals surface area contributed by atoms with Crippen LogP contribution < -0.4 is 5.56 Å². The molecule has 0 saturated carbocycles. The van der Waals surface area contributed by atoms with Crippen molar-refractivity contribution in [2.45, 2.75) is 19.3 Å². The number of nitrogens with zero attached hydrogens (tertiary/aromatic N) is 1. The quantitative estimate of drug-likeness (QED) is 0.866. The van der Waals surface area contributed by atoms with Crippen molar-refractivity contribution in [2.24, 2.45) is 0 Å². The van der Waals surface area contributed by atoms with Crippen LogP contribution in [0.25, 0.3) is 11.1 Å². The number of halogens is 1. The van der Waals surface area contributed by atoms with E-state index in [1.807, 2.05) is 18.2 Å². The van der Waals surface area contributed by atoms with Crippen LogP contribution in [0.5, 0.6) is 0 Å². The Hall–Kier alpha value is -2.05. The maximum absolute atomic E-state index is 12.0. The van der Waals surface area contributed by atoms with Crippen LogP contribution >= 0.6 is 11.6 Å². The molecule has 1 aromatic heterocycles. The molecule has 2 aromatic rings. The molecule has 0 amide bonds. The van der Waals surface area contributed by atoms with Gasteiger partial charge in [-0.3, -0.25) is 4.79 Å². The zero-order valence-electron chi connectivity index (χ0n) is 10.2. The summed E-state index contributed by atoms with van der Waals surface area (Å²) >= 11 is 6.01. The summed E-state index contributed by atoms with van der Waals surface area (Å²) in [5.41, 5.74) is 3.51. The second-order valence-corrected chi connectivity index (χ2v) is 5.07. The number of benzene rings is 1. The van der Waals surface area contributed by atoms with Crippen LogP contribution in [-0.4, -0.2) is 4.98 Å². The predicted molar refractivity (Wildman–Crippen MR) is 74.2 cm³/mol. The van der Waals surface area contributed by atoms with Gasteiger partial charge in [-0.25, -0.2) is 0 Å². The van der Waals surface area contributed by atoms with Crippen LogP contribution in [0.15, 0.2) is 29.1 Å². The van der Waals surface area contributed by atoms with E-state index in [0.717, 1.165) is 41.6 Å². The van der Waals surface area contributed by atoms with Crippen LogP contribution in [0.3, 0.4) is 0 Å². The third-order valence-corrected chi connectivity index (χ3v) is 3.72. The van der Waals surface area contributed by atoms with E-state index in [4.69, 9.17) is 11.6 Å². The summed E-state index contributed by atoms with van der Waals surface area (Å²) in [4.78, 5) is 14.8. The van der Waals surface area contributed by atoms with Crippen molar-refractivity contribution in [3.05, 3.63) is 56.5 Å². The lowest BCUT2D eigenvalue weighted by atomic mass is 9.95. The van der Waals surface area contributed by atoms with E-state index in [1.54, 1.807) is 12.1 Å². The molecule has 1 N–H and O–H groups in total. The lowest BCUT2D eigenvalue weighted by Gasteiger charge is -2.10. The lowest BCUT2D eigenvalue weighted by Crippen LogP contribution is -2.15. The van der Waals surface area contributed by atoms with Crippen LogP contribution in [0.4, 0.5) is 0 Å². The molecule has 0 unspecified atom stereocenters. The Balaban J connectivity index is 2.37. The number of nitrogens with one attached hydrogen (secondary N) is 1. The number of aromatic nitrogens is 1. The number of aryl methyl sites for hydroxylation is 1. The Morgan fingerprint density at radius 2 is 2.16 bits per heavy atom. The van der Waals surface area contributed by atoms with Gasteiger partial charge in [-0.05, 0) is 42.5 Å². The van der Waals surface area contributed by atoms with Gasteiger partial charge < -0.3 is 4.98 Å². The zero-order chi connectivity index (χ0) is 13.4. The van der Waals surface area contributed by atoms with E-state index in [0.29, 0.717) is 5.02 Å². The first-order chi connectivity index (χ1) is 9.20. The first-order valence-electron chi connectivity index (χ1n) is 6.15. The van der Waals surface area contributed by atoms with Gasteiger partial charge in [0.1, 0.15) is 11.6 Å². The average molecular weight is 271 g/mol. The van der Waals surface area contributed by atoms with Crippen molar-refractivity contribution in [3.8, 4) is 17.2 Å². The van der Waals surface area contributed by atoms with Gasteiger partial charge in [0.2, 0.25) is 0 Å². The second-order valence-electron chi connectivity index (χ2n) is 4.64. The molecule has 4 heteroatoms. The van der Waals surface area contributed by atoms with Crippen molar-refractivity contribution in [2.75, 3.05) is 0 Å². The number of rotatable bonds is 1. The predicted octanol–water partition coefficient (Wildman–Crippen LogP) is 3.06. The van der Waals surface area contributed by atoms with Crippen LogP contribution in [-0.2, 0) is 12.8 Å². The van der Waals surface area contributed by atoms with Gasteiger partial charge >= 0.3 is 0 Å². The maximum atomic E-state index is 12.0. The topological polar surface area (TPSA) is 56.6 Å². The molecule has 0 bridgehead atoms. The molecule has 0 saturated heterocycles. The van der Waals surface area contributed by atoms with E-state index in [9.17, 15) is 10.1 Å². The Morgan fingerprint density at radius 3 is 2.89 bits per heavy atom. The Morgan fingerprint density at radius 1 is 1.32 bits per heavy atom. The molecule has 94 valence electrons. The lowest BCUT2D eigenvalue weighted by molar-refractivity contribution is 0.897. The van der Waals surface area contributed by atoms with Gasteiger partial charge in [-0.2, -0.15) is 5.26 Å². The summed E-state index contributed by atoms with van der Waals surface area (Å²) < 4.78 is 0. The zero-order valence-corrected chi connectivity index (χ0v) is 10.9. The highest BCUT2D eigenvalue weighted by molar-refractivity contribution is 6.30. The minimum absolute atomic E-state index is 0.183. The van der Waals surface area contributed by atoms with E-state index in [2.05, 4.69) is 4.98 Å². The summed E-state index contributed by atoms with van der Waals surface area (Å²) in [6.45, 7) is 0. The van der Waals surface area contributed by atoms with Crippen molar-refractivity contribution in [1.82, 2.24) is 4.98 Å². The van der Waals surface area contributed by atoms with Crippen molar-refractivity contribution in [1.29, 1.82) is 5.26 Å². The number of H-pyrrole nitrogens is 1. The smallest absolute Gasteiger partial charge is 0.266 e. The first kappa shape index (κ1) is 12.0. The van der Waals surface area contributed by atoms with Gasteiger partial charge in [0.05, 0.1) is 0 Å². The molecular formula is C15H11ClN2O. The van der Waals surface area contributed by atoms with E-state index in [1.165, 1.54) is 0 Å². The van der Waals surface area contributed by atoms with Crippen LogP contribution in [0.1, 0.15) is 23.2 Å². The van der Waals surface area contributed by atoms with E-state index >= 15 is 0 Å². The molecule has 0 atom stereocenters. The third-order valence-electron chi connectivity index (χ3n) is 3.49. The second kappa shape index (κ2) is 4.56. The molecule has 3 nitrogen and oxygen atoms in total. The molecule has 3 rings (SSSR count). The number of aromatic amines is 1. The number of hydrogen-bond acceptors (Lipinski definition) is 2. The minimum Gasteiger partial charge on any atom is -0.325 e. The monoisotopic (exact) mass is 270 g/mol. The molecule has 19 heavy (non-hydrogen) atoms. The summed E-state index contributed by atoms with van der Waals surface area (Å²) in [5.74, 6) is 0. The molecule has 0 spiro atoms. The van der Waals surface area contributed by atoms with E-state index < -0.39 is 0 Å². The molecule has 1 heterocycles. The fourth-order valence-corrected chi connectivity index (χ4v) is 2.88. The summed E-state index contributed by atoms with van der Waals surface area (Å²) in [5, 5.41) is 9.86. The summed E-state index contributed by atoms with van der Waals surface area (Å²) in [7, 11) is 0. The first-order valence-corrected chi connectivity index (χ1v) is 6.52. The van der Waals surface area contributed by atoms with Gasteiger partial charge in [0, 0.05) is 16.3 Å². The highest BCUT2D eigenvalue weighted by atomic mass is 35.5. The highest BCUT2D eigenvalue weighted by Crippen LogP contribution is 2.33. The highest BCUT2D eigenvalue weighted by Gasteiger charge is 2.22. The van der Waals surface area contributed by atoms with Gasteiger partial charge in [0.15, 0.2) is 0 Å². The standard InChI is InChI=1S/C15H11ClN2O/c16-10-4-1-3-9(7-10)14-11-5-2-6-13(11)18-15(19)12(14)8-17/h1,3-4,7H,2,5-6H2,(H,18,19). The largest absolute Gasteiger partial charge is 0.325 e. The van der Waals surface area contributed by atoms with Gasteiger partial charge in [-0.1, -0.05) is 23.7 Å². The Labute approximate surface area is 115 Å². The molecule has 0 radical (unpaired) electrons. The number of nitriles is 1. The SMILES string of the molecule is N#Cc1c(-c2cccc(Cl)c2)c2c([nH]c1=O)CCC2. The van der Waals surface area contributed by atoms with E-state index in [-0.39, 0.29) is 11.1 Å². The molecule has 1 aliphatic carbocycles. The average Bonchev–Trinajstić information content (AvgIpc) is 2.84. The van der Waals surface area contributed by atoms with Crippen LogP contribution in [0, 0.1) is 11.3 Å². The summed E-state index contributed by atoms with van der Waals surface area (Å²) in [6.07, 6.45) is 2.76. The van der Waals surface area contributed by atoms with Crippen molar-refractivity contribution in [3.63, 3.8) is 0 Å². The van der Waals surface area contributed by atoms with Crippen LogP contribution in [0.2, 0.25) is 5.02 Å². The normalized spacial score (nSPS) is 13.1. The number of pyridine rings is 1. The Bertz CT molecular complexity index is 756. The fraction of sp³-hybridized carbons (Fsp3) is 0.200. The summed E-state index contributed by atoms with van der Waals surface area (Å²) in [6, 6.07) is 9.33. The van der Waals surface area contributed by atoms with Crippen molar-refractivity contribution >= 4 is 11.6 Å². The molecule has 0 fully saturated rings. The number of fused-ring (bicyclic) bond motifs is 1. The molecule has 0 aliphatic heterocycles. The molecular weight excluding hydrogens is 260 g/mol. The maximum Gasteiger partial charge on any atom is 0.266 e. The minimum atomic E-state index is -0.307. The van der Waals surface area contributed by atoms with Crippen molar-refractivity contribution < 1.29 is 0 Å². The fourth-order valence-electron chi connectivity index (χ4n) is 2.69. The van der Waals surface area contributed by atoms with Gasteiger partial charge in [-0.15, -0.1) is 0 Å². The van der Waals surface area contributed by atoms with Gasteiger partial charge in [0.25, 0.3) is 5.56 Å².